The van der Waals surface area contributed by atoms with Crippen molar-refractivity contribution in [3.63, 3.8) is 0 Å². The van der Waals surface area contributed by atoms with Gasteiger partial charge in [-0.25, -0.2) is 13.6 Å². The summed E-state index contributed by atoms with van der Waals surface area (Å²) in [7, 11) is 1.53. The van der Waals surface area contributed by atoms with Gasteiger partial charge in [0.25, 0.3) is 0 Å². The van der Waals surface area contributed by atoms with Crippen molar-refractivity contribution in [2.75, 3.05) is 17.7 Å². The van der Waals surface area contributed by atoms with Crippen LogP contribution in [-0.2, 0) is 11.2 Å². The average molecular weight is 387 g/mol. The fraction of sp³-hybridized carbons (Fsp3) is 0.118. The smallest absolute Gasteiger partial charge is 0.323 e. The summed E-state index contributed by atoms with van der Waals surface area (Å²) in [4.78, 5) is 23.8. The van der Waals surface area contributed by atoms with Gasteiger partial charge in [-0.05, 0) is 35.0 Å². The minimum Gasteiger partial charge on any atom is -0.359 e. The first-order valence-corrected chi connectivity index (χ1v) is 8.06. The third kappa shape index (κ3) is 4.63. The van der Waals surface area contributed by atoms with Gasteiger partial charge in [-0.15, -0.1) is 10.2 Å². The molecule has 0 unspecified atom stereocenters. The highest BCUT2D eigenvalue weighted by atomic mass is 19.1. The van der Waals surface area contributed by atoms with Gasteiger partial charge in [-0.3, -0.25) is 4.79 Å². The second kappa shape index (κ2) is 8.20. The summed E-state index contributed by atoms with van der Waals surface area (Å²) in [6, 6.07) is 6.78. The Hall–Kier alpha value is -3.89. The van der Waals surface area contributed by atoms with E-state index in [1.165, 1.54) is 7.05 Å². The molecule has 0 aliphatic heterocycles. The number of rotatable bonds is 5. The monoisotopic (exact) mass is 387 g/mol. The molecule has 28 heavy (non-hydrogen) atoms. The van der Waals surface area contributed by atoms with Gasteiger partial charge in [0.1, 0.15) is 11.6 Å². The first-order valence-electron chi connectivity index (χ1n) is 8.06. The Morgan fingerprint density at radius 1 is 1.07 bits per heavy atom. The van der Waals surface area contributed by atoms with E-state index in [-0.39, 0.29) is 23.8 Å². The lowest BCUT2D eigenvalue weighted by Gasteiger charge is -2.12. The van der Waals surface area contributed by atoms with Gasteiger partial charge >= 0.3 is 6.03 Å². The van der Waals surface area contributed by atoms with Crippen molar-refractivity contribution in [3.05, 3.63) is 53.6 Å². The predicted octanol–water partition coefficient (Wildman–Crippen LogP) is 2.08. The summed E-state index contributed by atoms with van der Waals surface area (Å²) in [6.07, 6.45) is 0.121. The molecule has 2 aromatic carbocycles. The highest BCUT2D eigenvalue weighted by molar-refractivity contribution is 6.02. The molecule has 0 atom stereocenters. The van der Waals surface area contributed by atoms with Crippen LogP contribution in [0.5, 0.6) is 0 Å². The number of tetrazole rings is 1. The van der Waals surface area contributed by atoms with Gasteiger partial charge in [0.15, 0.2) is 0 Å². The fourth-order valence-corrected chi connectivity index (χ4v) is 2.46. The quantitative estimate of drug-likeness (QED) is 0.533. The zero-order chi connectivity index (χ0) is 20.1. The Labute approximate surface area is 157 Å². The Balaban J connectivity index is 1.84. The molecule has 3 amide bonds. The number of hydrogen-bond donors (Lipinski definition) is 4. The molecule has 0 radical (unpaired) electrons. The molecular formula is C17H15F2N7O2. The maximum Gasteiger partial charge on any atom is 0.323 e. The van der Waals surface area contributed by atoms with Crippen molar-refractivity contribution in [1.29, 1.82) is 0 Å². The molecule has 0 fully saturated rings. The lowest BCUT2D eigenvalue weighted by Crippen LogP contribution is -2.21. The minimum absolute atomic E-state index is 0.0488. The lowest BCUT2D eigenvalue weighted by molar-refractivity contribution is -0.119. The minimum atomic E-state index is -0.818. The van der Waals surface area contributed by atoms with E-state index in [1.807, 2.05) is 0 Å². The second-order valence-corrected chi connectivity index (χ2v) is 5.70. The number of carbonyl (C=O) groups is 2. The first kappa shape index (κ1) is 18.9. The molecule has 0 bridgehead atoms. The number of hydrogen-bond acceptors (Lipinski definition) is 5. The van der Waals surface area contributed by atoms with E-state index in [0.29, 0.717) is 22.9 Å². The van der Waals surface area contributed by atoms with Crippen LogP contribution in [-0.4, -0.2) is 39.6 Å². The molecule has 3 rings (SSSR count). The molecule has 0 saturated carbocycles. The molecule has 3 aromatic rings. The van der Waals surface area contributed by atoms with Gasteiger partial charge in [-0.1, -0.05) is 6.07 Å². The van der Waals surface area contributed by atoms with Gasteiger partial charge in [0.2, 0.25) is 11.7 Å². The van der Waals surface area contributed by atoms with Gasteiger partial charge < -0.3 is 16.0 Å². The largest absolute Gasteiger partial charge is 0.359 e. The first-order chi connectivity index (χ1) is 13.4. The number of urea groups is 1. The normalized spacial score (nSPS) is 10.4. The van der Waals surface area contributed by atoms with E-state index in [1.54, 1.807) is 18.2 Å². The molecule has 0 aliphatic carbocycles. The van der Waals surface area contributed by atoms with Crippen LogP contribution in [0.25, 0.3) is 11.4 Å². The summed E-state index contributed by atoms with van der Waals surface area (Å²) in [5.74, 6) is -1.63. The molecule has 0 spiro atoms. The summed E-state index contributed by atoms with van der Waals surface area (Å²) in [6.45, 7) is 0. The summed E-state index contributed by atoms with van der Waals surface area (Å²) < 4.78 is 26.5. The molecule has 9 nitrogen and oxygen atoms in total. The maximum absolute atomic E-state index is 13.3. The number of nitrogens with zero attached hydrogens (tertiary/aromatic N) is 3. The van der Waals surface area contributed by atoms with Crippen LogP contribution in [0.1, 0.15) is 5.56 Å². The molecule has 144 valence electrons. The van der Waals surface area contributed by atoms with Gasteiger partial charge in [0.05, 0.1) is 12.1 Å². The Morgan fingerprint density at radius 3 is 2.46 bits per heavy atom. The number of anilines is 2. The topological polar surface area (TPSA) is 125 Å². The standard InChI is InChI=1S/C17H15F2N7O2/c1-20-15(27)5-9-2-3-14(13(4-9)16-23-25-26-24-16)22-17(28)21-12-7-10(18)6-11(19)8-12/h2-4,6-8H,5H2,1H3,(H,20,27)(H2,21,22,28)(H,23,24,25,26). The van der Waals surface area contributed by atoms with Crippen LogP contribution >= 0.6 is 0 Å². The van der Waals surface area contributed by atoms with E-state index >= 15 is 0 Å². The van der Waals surface area contributed by atoms with Crippen LogP contribution in [0.4, 0.5) is 25.0 Å². The van der Waals surface area contributed by atoms with E-state index in [9.17, 15) is 18.4 Å². The number of likely N-dealkylation sites (N-methyl/N-ethyl adjacent to an activating group) is 1. The van der Waals surface area contributed by atoms with Crippen LogP contribution in [0, 0.1) is 11.6 Å². The van der Waals surface area contributed by atoms with Crippen LogP contribution in [0.3, 0.4) is 0 Å². The third-order valence-electron chi connectivity index (χ3n) is 3.68. The molecule has 4 N–H and O–H groups in total. The number of nitrogens with one attached hydrogen (secondary N) is 4. The lowest BCUT2D eigenvalue weighted by atomic mass is 10.1. The van der Waals surface area contributed by atoms with Crippen molar-refractivity contribution < 1.29 is 18.4 Å². The van der Waals surface area contributed by atoms with E-state index < -0.39 is 17.7 Å². The van der Waals surface area contributed by atoms with E-state index in [4.69, 9.17) is 0 Å². The maximum atomic E-state index is 13.3. The van der Waals surface area contributed by atoms with E-state index in [0.717, 1.165) is 12.1 Å². The highest BCUT2D eigenvalue weighted by Gasteiger charge is 2.15. The predicted molar refractivity (Wildman–Crippen MR) is 96.4 cm³/mol. The molecule has 0 saturated heterocycles. The van der Waals surface area contributed by atoms with Crippen LogP contribution in [0.15, 0.2) is 36.4 Å². The zero-order valence-corrected chi connectivity index (χ0v) is 14.6. The Morgan fingerprint density at radius 2 is 1.82 bits per heavy atom. The zero-order valence-electron chi connectivity index (χ0n) is 14.6. The van der Waals surface area contributed by atoms with Crippen molar-refractivity contribution in [3.8, 4) is 11.4 Å². The van der Waals surface area contributed by atoms with Crippen molar-refractivity contribution >= 4 is 23.3 Å². The van der Waals surface area contributed by atoms with Gasteiger partial charge in [0, 0.05) is 24.4 Å². The summed E-state index contributed by atoms with van der Waals surface area (Å²) in [5.41, 5.74) is 1.34. The molecule has 1 heterocycles. The molecule has 1 aromatic heterocycles. The third-order valence-corrected chi connectivity index (χ3v) is 3.68. The van der Waals surface area contributed by atoms with Crippen molar-refractivity contribution in [2.45, 2.75) is 6.42 Å². The summed E-state index contributed by atoms with van der Waals surface area (Å²) >= 11 is 0. The van der Waals surface area contributed by atoms with Crippen molar-refractivity contribution in [2.24, 2.45) is 0 Å². The number of benzene rings is 2. The molecule has 0 aliphatic rings. The molecular weight excluding hydrogens is 372 g/mol. The SMILES string of the molecule is CNC(=O)Cc1ccc(NC(=O)Nc2cc(F)cc(F)c2)c(-c2nn[nH]n2)c1. The fourth-order valence-electron chi connectivity index (χ4n) is 2.46. The number of H-pyrrole nitrogens is 1. The number of aromatic amines is 1. The van der Waals surface area contributed by atoms with Crippen LogP contribution in [0.2, 0.25) is 0 Å². The summed E-state index contributed by atoms with van der Waals surface area (Å²) in [5, 5.41) is 21.0. The van der Waals surface area contributed by atoms with E-state index in [2.05, 4.69) is 36.6 Å². The Bertz CT molecular complexity index is 988. The number of carbonyl (C=O) groups excluding carboxylic acids is 2. The molecule has 11 heteroatoms. The van der Waals surface area contributed by atoms with Gasteiger partial charge in [-0.2, -0.15) is 5.21 Å². The number of aromatic nitrogens is 4. The Kier molecular flexibility index (Phi) is 5.53. The van der Waals surface area contributed by atoms with Crippen LogP contribution < -0.4 is 16.0 Å². The number of amides is 3. The van der Waals surface area contributed by atoms with Crippen molar-refractivity contribution in [1.82, 2.24) is 25.9 Å². The number of halogens is 2. The second-order valence-electron chi connectivity index (χ2n) is 5.70. The highest BCUT2D eigenvalue weighted by Crippen LogP contribution is 2.26. The average Bonchev–Trinajstić information content (AvgIpc) is 3.16.